The van der Waals surface area contributed by atoms with Crippen LogP contribution in [0.5, 0.6) is 0 Å². The van der Waals surface area contributed by atoms with Crippen LogP contribution in [-0.4, -0.2) is 67.6 Å². The first-order valence-electron chi connectivity index (χ1n) is 10.6. The van der Waals surface area contributed by atoms with E-state index in [4.69, 9.17) is 4.99 Å². The molecule has 1 N–H and O–H groups in total. The van der Waals surface area contributed by atoms with Crippen LogP contribution in [0, 0.1) is 0 Å². The average molecular weight is 368 g/mol. The highest BCUT2D eigenvalue weighted by Crippen LogP contribution is 2.21. The highest BCUT2D eigenvalue weighted by atomic mass is 15.3. The third-order valence-electron chi connectivity index (χ3n) is 5.96. The molecule has 2 saturated heterocycles. The molecule has 0 spiro atoms. The predicted octanol–water partition coefficient (Wildman–Crippen LogP) is 2.70. The minimum absolute atomic E-state index is 0.711. The topological polar surface area (TPSA) is 34.1 Å². The van der Waals surface area contributed by atoms with E-state index in [1.807, 2.05) is 0 Å². The Hall–Kier alpha value is -2.01. The van der Waals surface area contributed by atoms with Crippen molar-refractivity contribution in [2.75, 3.05) is 50.7 Å². The van der Waals surface area contributed by atoms with Crippen molar-refractivity contribution in [1.82, 2.24) is 15.1 Å². The molecular formula is C22H33N5. The molecule has 3 aliphatic heterocycles. The molecule has 5 heteroatoms. The van der Waals surface area contributed by atoms with Crippen molar-refractivity contribution < 1.29 is 0 Å². The van der Waals surface area contributed by atoms with Crippen LogP contribution in [0.2, 0.25) is 0 Å². The summed E-state index contributed by atoms with van der Waals surface area (Å²) in [7, 11) is 0. The molecule has 0 aliphatic carbocycles. The van der Waals surface area contributed by atoms with Gasteiger partial charge in [-0.3, -0.25) is 4.90 Å². The third kappa shape index (κ3) is 4.46. The quantitative estimate of drug-likeness (QED) is 0.493. The van der Waals surface area contributed by atoms with Crippen LogP contribution >= 0.6 is 0 Å². The second-order valence-corrected chi connectivity index (χ2v) is 7.85. The van der Waals surface area contributed by atoms with Crippen molar-refractivity contribution in [2.24, 2.45) is 4.99 Å². The molecule has 1 unspecified atom stereocenters. The number of likely N-dealkylation sites (tertiary alicyclic amines) is 2. The number of hydrogen-bond donors (Lipinski definition) is 1. The Bertz CT molecular complexity index is 669. The van der Waals surface area contributed by atoms with E-state index in [1.54, 1.807) is 0 Å². The summed E-state index contributed by atoms with van der Waals surface area (Å²) >= 11 is 0. The summed E-state index contributed by atoms with van der Waals surface area (Å²) in [6.07, 6.45) is 8.47. The zero-order valence-corrected chi connectivity index (χ0v) is 16.6. The van der Waals surface area contributed by atoms with Crippen molar-refractivity contribution in [3.63, 3.8) is 0 Å². The monoisotopic (exact) mass is 367 g/mol. The maximum absolute atomic E-state index is 4.97. The van der Waals surface area contributed by atoms with E-state index in [1.165, 1.54) is 43.6 Å². The Morgan fingerprint density at radius 1 is 1.15 bits per heavy atom. The molecule has 0 saturated carbocycles. The Balaban J connectivity index is 1.40. The fourth-order valence-electron chi connectivity index (χ4n) is 4.47. The van der Waals surface area contributed by atoms with Crippen molar-refractivity contribution in [3.8, 4) is 0 Å². The van der Waals surface area contributed by atoms with E-state index >= 15 is 0 Å². The molecule has 2 fully saturated rings. The molecule has 4 rings (SSSR count). The fourth-order valence-corrected chi connectivity index (χ4v) is 4.47. The summed E-state index contributed by atoms with van der Waals surface area (Å²) in [4.78, 5) is 12.5. The number of nitrogens with zero attached hydrogens (tertiary/aromatic N) is 4. The van der Waals surface area contributed by atoms with E-state index in [9.17, 15) is 0 Å². The number of nitrogens with one attached hydrogen (secondary N) is 1. The number of guanidine groups is 1. The molecule has 3 aliphatic rings. The van der Waals surface area contributed by atoms with Crippen LogP contribution < -0.4 is 10.2 Å². The van der Waals surface area contributed by atoms with Gasteiger partial charge in [-0.15, -0.1) is 0 Å². The molecule has 0 bridgehead atoms. The first-order chi connectivity index (χ1) is 13.3. The van der Waals surface area contributed by atoms with Crippen molar-refractivity contribution in [3.05, 3.63) is 42.0 Å². The van der Waals surface area contributed by atoms with E-state index in [-0.39, 0.29) is 0 Å². The summed E-state index contributed by atoms with van der Waals surface area (Å²) in [5.74, 6) is 1.08. The zero-order valence-electron chi connectivity index (χ0n) is 16.6. The molecule has 27 heavy (non-hydrogen) atoms. The lowest BCUT2D eigenvalue weighted by Gasteiger charge is -2.25. The van der Waals surface area contributed by atoms with Crippen molar-refractivity contribution >= 4 is 11.6 Å². The van der Waals surface area contributed by atoms with Crippen LogP contribution in [0.1, 0.15) is 31.7 Å². The molecule has 1 aromatic rings. The summed E-state index contributed by atoms with van der Waals surface area (Å²) in [5.41, 5.74) is 2.58. The van der Waals surface area contributed by atoms with Gasteiger partial charge in [-0.2, -0.15) is 0 Å². The standard InChI is InChI=1S/C22H33N5/c1-2-23-22(27-15-10-21(18-27)26-13-5-6-14-26)24-17-19-8-7-9-20(16-19)25-11-3-4-12-25/h3-4,7-9,16,21H,2,5-6,10-15,17-18H2,1H3,(H,23,24). The first-order valence-corrected chi connectivity index (χ1v) is 10.6. The smallest absolute Gasteiger partial charge is 0.194 e. The molecule has 146 valence electrons. The van der Waals surface area contributed by atoms with Gasteiger partial charge in [0.05, 0.1) is 6.54 Å². The predicted molar refractivity (Wildman–Crippen MR) is 113 cm³/mol. The van der Waals surface area contributed by atoms with Gasteiger partial charge in [0.15, 0.2) is 5.96 Å². The average Bonchev–Trinajstić information content (AvgIpc) is 3.46. The van der Waals surface area contributed by atoms with Gasteiger partial charge >= 0.3 is 0 Å². The summed E-state index contributed by atoms with van der Waals surface area (Å²) in [6.45, 7) is 10.6. The van der Waals surface area contributed by atoms with E-state index in [2.05, 4.69) is 63.4 Å². The SMILES string of the molecule is CCNC(=NCc1cccc(N2CC=CC2)c1)N1CCC(N2CCCC2)C1. The van der Waals surface area contributed by atoms with Gasteiger partial charge in [-0.1, -0.05) is 24.3 Å². The summed E-state index contributed by atoms with van der Waals surface area (Å²) in [5, 5.41) is 3.51. The van der Waals surface area contributed by atoms with E-state index in [0.717, 1.165) is 45.2 Å². The van der Waals surface area contributed by atoms with Crippen LogP contribution in [0.15, 0.2) is 41.4 Å². The first kappa shape index (κ1) is 18.4. The van der Waals surface area contributed by atoms with Gasteiger partial charge in [-0.25, -0.2) is 4.99 Å². The lowest BCUT2D eigenvalue weighted by molar-refractivity contribution is 0.249. The second-order valence-electron chi connectivity index (χ2n) is 7.85. The Morgan fingerprint density at radius 2 is 1.96 bits per heavy atom. The van der Waals surface area contributed by atoms with Crippen molar-refractivity contribution in [2.45, 2.75) is 38.8 Å². The summed E-state index contributed by atoms with van der Waals surface area (Å²) in [6, 6.07) is 9.55. The third-order valence-corrected chi connectivity index (χ3v) is 5.96. The fraction of sp³-hybridized carbons (Fsp3) is 0.591. The van der Waals surface area contributed by atoms with Gasteiger partial charge in [-0.05, 0) is 57.0 Å². The molecule has 0 aromatic heterocycles. The van der Waals surface area contributed by atoms with Crippen LogP contribution in [0.4, 0.5) is 5.69 Å². The molecule has 0 radical (unpaired) electrons. The maximum Gasteiger partial charge on any atom is 0.194 e. The second kappa shape index (κ2) is 8.79. The van der Waals surface area contributed by atoms with Crippen LogP contribution in [0.3, 0.4) is 0 Å². The van der Waals surface area contributed by atoms with Gasteiger partial charge in [0.25, 0.3) is 0 Å². The molecule has 5 nitrogen and oxygen atoms in total. The number of rotatable bonds is 5. The van der Waals surface area contributed by atoms with Crippen LogP contribution in [0.25, 0.3) is 0 Å². The lowest BCUT2D eigenvalue weighted by atomic mass is 10.2. The normalized spacial score (nSPS) is 23.6. The molecule has 0 amide bonds. The lowest BCUT2D eigenvalue weighted by Crippen LogP contribution is -2.42. The zero-order chi connectivity index (χ0) is 18.5. The van der Waals surface area contributed by atoms with Gasteiger partial charge in [0.2, 0.25) is 0 Å². The Labute approximate surface area is 163 Å². The van der Waals surface area contributed by atoms with Crippen molar-refractivity contribution in [1.29, 1.82) is 0 Å². The van der Waals surface area contributed by atoms with E-state index < -0.39 is 0 Å². The van der Waals surface area contributed by atoms with Gasteiger partial charge in [0.1, 0.15) is 0 Å². The maximum atomic E-state index is 4.97. The number of benzene rings is 1. The van der Waals surface area contributed by atoms with Gasteiger partial charge in [0, 0.05) is 44.5 Å². The highest BCUT2D eigenvalue weighted by molar-refractivity contribution is 5.80. The molecule has 1 atom stereocenters. The largest absolute Gasteiger partial charge is 0.364 e. The Kier molecular flexibility index (Phi) is 5.97. The van der Waals surface area contributed by atoms with Gasteiger partial charge < -0.3 is 15.1 Å². The Morgan fingerprint density at radius 3 is 2.74 bits per heavy atom. The number of hydrogen-bond acceptors (Lipinski definition) is 3. The minimum atomic E-state index is 0.711. The number of anilines is 1. The number of aliphatic imine (C=N–C) groups is 1. The summed E-state index contributed by atoms with van der Waals surface area (Å²) < 4.78 is 0. The molecule has 1 aromatic carbocycles. The van der Waals surface area contributed by atoms with Crippen LogP contribution in [-0.2, 0) is 6.54 Å². The van der Waals surface area contributed by atoms with E-state index in [0.29, 0.717) is 6.04 Å². The molecular weight excluding hydrogens is 334 g/mol. The molecule has 3 heterocycles. The minimum Gasteiger partial charge on any atom is -0.364 e. The highest BCUT2D eigenvalue weighted by Gasteiger charge is 2.30.